The average Bonchev–Trinajstić information content (AvgIpc) is 2.54. The van der Waals surface area contributed by atoms with Crippen LogP contribution in [0.3, 0.4) is 0 Å². The van der Waals surface area contributed by atoms with Crippen LogP contribution in [0.1, 0.15) is 0 Å². The molecule has 0 fully saturated rings. The van der Waals surface area contributed by atoms with Gasteiger partial charge in [-0.05, 0) is 5.53 Å². The Hall–Kier alpha value is -2.19. The summed E-state index contributed by atoms with van der Waals surface area (Å²) in [5.74, 6) is -9.09. The van der Waals surface area contributed by atoms with E-state index in [1.165, 1.54) is 4.72 Å². The molecular formula is C10H8F4N4O5S2. The van der Waals surface area contributed by atoms with Gasteiger partial charge < -0.3 is 0 Å². The molecule has 1 aromatic rings. The zero-order valence-corrected chi connectivity index (χ0v) is 13.5. The van der Waals surface area contributed by atoms with Crippen LogP contribution < -0.4 is 4.72 Å². The topological polar surface area (TPSA) is 138 Å². The standard InChI is InChI=1S/C10H8F4N4O5S2/c1-2-24(19,20)23-4-3-16-25(21,22)10-7(13)5(11)9(17-18-15)6(12)8(10)14/h2,16H,1,3-4H2. The Morgan fingerprint density at radius 3 is 2.08 bits per heavy atom. The van der Waals surface area contributed by atoms with Crippen molar-refractivity contribution in [2.75, 3.05) is 13.2 Å². The Kier molecular flexibility index (Phi) is 6.50. The fourth-order valence-corrected chi connectivity index (χ4v) is 2.98. The van der Waals surface area contributed by atoms with Crippen molar-refractivity contribution in [3.05, 3.63) is 45.7 Å². The molecule has 0 aliphatic rings. The first-order chi connectivity index (χ1) is 11.5. The Morgan fingerprint density at radius 1 is 1.12 bits per heavy atom. The van der Waals surface area contributed by atoms with Gasteiger partial charge in [-0.3, -0.25) is 4.18 Å². The zero-order chi connectivity index (χ0) is 19.4. The third-order valence-corrected chi connectivity index (χ3v) is 4.84. The minimum Gasteiger partial charge on any atom is -0.265 e. The zero-order valence-electron chi connectivity index (χ0n) is 11.9. The van der Waals surface area contributed by atoms with Crippen molar-refractivity contribution in [2.24, 2.45) is 5.11 Å². The molecule has 0 atom stereocenters. The van der Waals surface area contributed by atoms with Gasteiger partial charge in [-0.15, -0.1) is 0 Å². The van der Waals surface area contributed by atoms with Gasteiger partial charge in [0.1, 0.15) is 5.69 Å². The van der Waals surface area contributed by atoms with Crippen molar-refractivity contribution in [3.8, 4) is 0 Å². The third-order valence-electron chi connectivity index (χ3n) is 2.46. The monoisotopic (exact) mass is 404 g/mol. The molecule has 0 aliphatic carbocycles. The fraction of sp³-hybridized carbons (Fsp3) is 0.200. The van der Waals surface area contributed by atoms with Crippen molar-refractivity contribution in [1.82, 2.24) is 4.72 Å². The summed E-state index contributed by atoms with van der Waals surface area (Å²) in [4.78, 5) is -0.0499. The van der Waals surface area contributed by atoms with Crippen LogP contribution in [0.15, 0.2) is 22.0 Å². The number of rotatable bonds is 8. The van der Waals surface area contributed by atoms with Crippen molar-refractivity contribution < 1.29 is 38.6 Å². The van der Waals surface area contributed by atoms with Crippen LogP contribution in [-0.4, -0.2) is 30.0 Å². The van der Waals surface area contributed by atoms with Crippen LogP contribution >= 0.6 is 0 Å². The molecule has 138 valence electrons. The summed E-state index contributed by atoms with van der Waals surface area (Å²) >= 11 is 0. The third kappa shape index (κ3) is 4.67. The number of sulfonamides is 1. The van der Waals surface area contributed by atoms with Crippen LogP contribution in [0, 0.1) is 23.3 Å². The van der Waals surface area contributed by atoms with Crippen molar-refractivity contribution in [2.45, 2.75) is 4.90 Å². The van der Waals surface area contributed by atoms with Crippen LogP contribution in [0.25, 0.3) is 10.4 Å². The van der Waals surface area contributed by atoms with E-state index in [4.69, 9.17) is 5.53 Å². The molecule has 1 rings (SSSR count). The predicted octanol–water partition coefficient (Wildman–Crippen LogP) is 1.95. The Balaban J connectivity index is 3.18. The maximum atomic E-state index is 13.8. The number of halogens is 4. The molecule has 0 saturated carbocycles. The van der Waals surface area contributed by atoms with Gasteiger partial charge in [-0.2, -0.15) is 8.42 Å². The number of benzene rings is 1. The summed E-state index contributed by atoms with van der Waals surface area (Å²) in [5.41, 5.74) is 6.40. The van der Waals surface area contributed by atoms with E-state index in [-0.39, 0.29) is 0 Å². The minimum atomic E-state index is -5.14. The summed E-state index contributed by atoms with van der Waals surface area (Å²) in [7, 11) is -9.27. The van der Waals surface area contributed by atoms with Crippen molar-refractivity contribution >= 4 is 25.8 Å². The lowest BCUT2D eigenvalue weighted by molar-refractivity contribution is 0.328. The first-order valence-electron chi connectivity index (χ1n) is 5.91. The van der Waals surface area contributed by atoms with E-state index in [9.17, 15) is 34.4 Å². The molecule has 0 aliphatic heterocycles. The van der Waals surface area contributed by atoms with Gasteiger partial charge in [0.2, 0.25) is 10.0 Å². The summed E-state index contributed by atoms with van der Waals surface area (Å²) in [6.07, 6.45) is 0. The van der Waals surface area contributed by atoms with Gasteiger partial charge in [-0.25, -0.2) is 30.7 Å². The highest BCUT2D eigenvalue weighted by molar-refractivity contribution is 7.90. The van der Waals surface area contributed by atoms with E-state index in [1.54, 1.807) is 0 Å². The van der Waals surface area contributed by atoms with Crippen molar-refractivity contribution in [1.29, 1.82) is 0 Å². The largest absolute Gasteiger partial charge is 0.289 e. The summed E-state index contributed by atoms with van der Waals surface area (Å²) in [6, 6.07) is 0. The lowest BCUT2D eigenvalue weighted by atomic mass is 10.2. The molecule has 15 heteroatoms. The average molecular weight is 404 g/mol. The summed E-state index contributed by atoms with van der Waals surface area (Å²) in [6.45, 7) is 1.30. The first-order valence-corrected chi connectivity index (χ1v) is 8.86. The number of azide groups is 1. The van der Waals surface area contributed by atoms with E-state index >= 15 is 0 Å². The quantitative estimate of drug-likeness (QED) is 0.134. The Bertz CT molecular complexity index is 929. The maximum absolute atomic E-state index is 13.8. The van der Waals surface area contributed by atoms with Crippen LogP contribution in [-0.2, 0) is 24.3 Å². The minimum absolute atomic E-state index is 0.417. The normalized spacial score (nSPS) is 11.8. The Labute approximate surface area is 138 Å². The van der Waals surface area contributed by atoms with Gasteiger partial charge >= 0.3 is 0 Å². The summed E-state index contributed by atoms with van der Waals surface area (Å²) in [5, 5.41) is 2.82. The first kappa shape index (κ1) is 20.9. The lowest BCUT2D eigenvalue weighted by Crippen LogP contribution is -2.30. The van der Waals surface area contributed by atoms with Crippen molar-refractivity contribution in [3.63, 3.8) is 0 Å². The number of hydrogen-bond acceptors (Lipinski definition) is 6. The second kappa shape index (κ2) is 7.79. The smallest absolute Gasteiger partial charge is 0.265 e. The lowest BCUT2D eigenvalue weighted by Gasteiger charge is -2.11. The van der Waals surface area contributed by atoms with E-state index in [0.29, 0.717) is 5.41 Å². The summed E-state index contributed by atoms with van der Waals surface area (Å²) < 4.78 is 106. The molecule has 9 nitrogen and oxygen atoms in total. The Morgan fingerprint density at radius 2 is 1.64 bits per heavy atom. The van der Waals surface area contributed by atoms with Crippen LogP contribution in [0.4, 0.5) is 23.2 Å². The second-order valence-electron chi connectivity index (χ2n) is 4.00. The number of nitrogens with zero attached hydrogens (tertiary/aromatic N) is 3. The maximum Gasteiger partial charge on any atom is 0.289 e. The molecule has 1 aromatic carbocycles. The van der Waals surface area contributed by atoms with Crippen LogP contribution in [0.2, 0.25) is 0 Å². The van der Waals surface area contributed by atoms with Crippen LogP contribution in [0.5, 0.6) is 0 Å². The predicted molar refractivity (Wildman–Crippen MR) is 75.3 cm³/mol. The fourth-order valence-electron chi connectivity index (χ4n) is 1.42. The van der Waals surface area contributed by atoms with Gasteiger partial charge in [-0.1, -0.05) is 11.7 Å². The van der Waals surface area contributed by atoms with E-state index in [0.717, 1.165) is 0 Å². The molecule has 0 amide bonds. The highest BCUT2D eigenvalue weighted by atomic mass is 32.2. The molecule has 25 heavy (non-hydrogen) atoms. The molecule has 0 aromatic heterocycles. The van der Waals surface area contributed by atoms with E-state index in [1.807, 2.05) is 4.91 Å². The van der Waals surface area contributed by atoms with E-state index in [2.05, 4.69) is 15.9 Å². The van der Waals surface area contributed by atoms with Gasteiger partial charge in [0, 0.05) is 11.5 Å². The van der Waals surface area contributed by atoms with Gasteiger partial charge in [0.25, 0.3) is 10.1 Å². The number of nitrogens with one attached hydrogen (secondary N) is 1. The van der Waals surface area contributed by atoms with Gasteiger partial charge in [0.05, 0.1) is 12.0 Å². The molecule has 0 bridgehead atoms. The molecule has 0 unspecified atom stereocenters. The molecule has 0 saturated heterocycles. The highest BCUT2D eigenvalue weighted by Gasteiger charge is 2.32. The SMILES string of the molecule is C=CS(=O)(=O)OCCNS(=O)(=O)c1c(F)c(F)c(N=[N+]=[N-])c(F)c1F. The molecule has 0 spiro atoms. The molecule has 1 N–H and O–H groups in total. The number of hydrogen-bond donors (Lipinski definition) is 1. The molecule has 0 heterocycles. The van der Waals surface area contributed by atoms with Gasteiger partial charge in [0.15, 0.2) is 28.2 Å². The highest BCUT2D eigenvalue weighted by Crippen LogP contribution is 2.32. The van der Waals surface area contributed by atoms with E-state index < -0.39 is 67.1 Å². The molecular weight excluding hydrogens is 396 g/mol. The second-order valence-corrected chi connectivity index (χ2v) is 7.26. The molecule has 0 radical (unpaired) electrons.